The molecule has 0 spiro atoms. The Morgan fingerprint density at radius 1 is 1.15 bits per heavy atom. The normalized spacial score (nSPS) is 19.8. The van der Waals surface area contributed by atoms with Crippen LogP contribution < -0.4 is 5.32 Å². The van der Waals surface area contributed by atoms with E-state index >= 15 is 0 Å². The standard InChI is InChI=1S/C16H24Cl2N2/c1-12(20-9-4-3-5-10-20)11-19-13(2)14-7-6-8-15(17)16(14)18/h6-8,12-13,19H,3-5,9-11H2,1-2H3. The Labute approximate surface area is 132 Å². The van der Waals surface area contributed by atoms with Crippen LogP contribution in [0.2, 0.25) is 10.0 Å². The lowest BCUT2D eigenvalue weighted by atomic mass is 10.1. The highest BCUT2D eigenvalue weighted by molar-refractivity contribution is 6.42. The molecule has 2 atom stereocenters. The summed E-state index contributed by atoms with van der Waals surface area (Å²) in [6.07, 6.45) is 4.05. The predicted octanol–water partition coefficient (Wildman–Crippen LogP) is 4.52. The molecule has 1 heterocycles. The lowest BCUT2D eigenvalue weighted by Gasteiger charge is -2.33. The molecule has 0 aliphatic carbocycles. The molecule has 1 aliphatic rings. The van der Waals surface area contributed by atoms with Crippen molar-refractivity contribution in [3.63, 3.8) is 0 Å². The molecule has 0 bridgehead atoms. The van der Waals surface area contributed by atoms with E-state index in [1.807, 2.05) is 18.2 Å². The van der Waals surface area contributed by atoms with Crippen LogP contribution in [0.1, 0.15) is 44.7 Å². The zero-order chi connectivity index (χ0) is 14.5. The van der Waals surface area contributed by atoms with Crippen molar-refractivity contribution in [3.8, 4) is 0 Å². The van der Waals surface area contributed by atoms with Gasteiger partial charge < -0.3 is 5.32 Å². The van der Waals surface area contributed by atoms with Crippen LogP contribution in [-0.4, -0.2) is 30.6 Å². The Morgan fingerprint density at radius 3 is 2.55 bits per heavy atom. The summed E-state index contributed by atoms with van der Waals surface area (Å²) < 4.78 is 0. The van der Waals surface area contributed by atoms with Gasteiger partial charge in [-0.15, -0.1) is 0 Å². The Bertz CT molecular complexity index is 430. The molecule has 4 heteroatoms. The lowest BCUT2D eigenvalue weighted by molar-refractivity contribution is 0.168. The van der Waals surface area contributed by atoms with Crippen molar-refractivity contribution in [2.75, 3.05) is 19.6 Å². The van der Waals surface area contributed by atoms with Gasteiger partial charge in [0.05, 0.1) is 10.0 Å². The average Bonchev–Trinajstić information content (AvgIpc) is 2.48. The number of piperidine rings is 1. The number of nitrogens with one attached hydrogen (secondary N) is 1. The van der Waals surface area contributed by atoms with Crippen molar-refractivity contribution in [2.45, 2.75) is 45.2 Å². The summed E-state index contributed by atoms with van der Waals surface area (Å²) in [6.45, 7) is 7.87. The molecule has 0 aromatic heterocycles. The third kappa shape index (κ3) is 4.11. The first-order valence-corrected chi connectivity index (χ1v) is 8.26. The monoisotopic (exact) mass is 314 g/mol. The molecule has 1 fully saturated rings. The number of likely N-dealkylation sites (tertiary alicyclic amines) is 1. The quantitative estimate of drug-likeness (QED) is 0.859. The van der Waals surface area contributed by atoms with Crippen LogP contribution >= 0.6 is 23.2 Å². The first-order chi connectivity index (χ1) is 9.59. The first-order valence-electron chi connectivity index (χ1n) is 7.51. The van der Waals surface area contributed by atoms with Gasteiger partial charge in [0.2, 0.25) is 0 Å². The van der Waals surface area contributed by atoms with E-state index in [4.69, 9.17) is 23.2 Å². The molecule has 0 radical (unpaired) electrons. The Balaban J connectivity index is 1.88. The summed E-state index contributed by atoms with van der Waals surface area (Å²) in [7, 11) is 0. The highest BCUT2D eigenvalue weighted by Gasteiger charge is 2.18. The molecule has 1 N–H and O–H groups in total. The molecule has 2 rings (SSSR count). The lowest BCUT2D eigenvalue weighted by Crippen LogP contribution is -2.43. The fourth-order valence-corrected chi connectivity index (χ4v) is 3.27. The minimum absolute atomic E-state index is 0.216. The summed E-state index contributed by atoms with van der Waals surface area (Å²) in [4.78, 5) is 2.57. The van der Waals surface area contributed by atoms with E-state index in [2.05, 4.69) is 24.1 Å². The second-order valence-electron chi connectivity index (χ2n) is 5.72. The fourth-order valence-electron chi connectivity index (χ4n) is 2.80. The summed E-state index contributed by atoms with van der Waals surface area (Å²) in [5.74, 6) is 0. The van der Waals surface area contributed by atoms with Gasteiger partial charge >= 0.3 is 0 Å². The maximum atomic E-state index is 6.27. The summed E-state index contributed by atoms with van der Waals surface area (Å²) in [5.41, 5.74) is 1.07. The SMILES string of the molecule is CC(NCC(C)N1CCCCC1)c1cccc(Cl)c1Cl. The maximum Gasteiger partial charge on any atom is 0.0639 e. The largest absolute Gasteiger partial charge is 0.309 e. The van der Waals surface area contributed by atoms with Gasteiger partial charge in [-0.3, -0.25) is 4.90 Å². The maximum absolute atomic E-state index is 6.27. The number of nitrogens with zero attached hydrogens (tertiary/aromatic N) is 1. The van der Waals surface area contributed by atoms with Crippen LogP contribution in [0.4, 0.5) is 0 Å². The van der Waals surface area contributed by atoms with Crippen molar-refractivity contribution in [3.05, 3.63) is 33.8 Å². The number of hydrogen-bond acceptors (Lipinski definition) is 2. The van der Waals surface area contributed by atoms with Gasteiger partial charge in [-0.25, -0.2) is 0 Å². The molecule has 0 saturated carbocycles. The van der Waals surface area contributed by atoms with Gasteiger partial charge in [0.15, 0.2) is 0 Å². The minimum atomic E-state index is 0.216. The molecular weight excluding hydrogens is 291 g/mol. The van der Waals surface area contributed by atoms with Crippen LogP contribution in [0.15, 0.2) is 18.2 Å². The molecule has 1 aliphatic heterocycles. The zero-order valence-electron chi connectivity index (χ0n) is 12.3. The fraction of sp³-hybridized carbons (Fsp3) is 0.625. The summed E-state index contributed by atoms with van der Waals surface area (Å²) in [5, 5.41) is 4.87. The van der Waals surface area contributed by atoms with Gasteiger partial charge in [-0.2, -0.15) is 0 Å². The second-order valence-corrected chi connectivity index (χ2v) is 6.50. The second kappa shape index (κ2) is 7.65. The molecule has 1 saturated heterocycles. The molecule has 112 valence electrons. The third-order valence-electron chi connectivity index (χ3n) is 4.18. The first kappa shape index (κ1) is 16.1. The van der Waals surface area contributed by atoms with E-state index in [9.17, 15) is 0 Å². The molecule has 1 aromatic carbocycles. The molecule has 2 unspecified atom stereocenters. The van der Waals surface area contributed by atoms with Crippen LogP contribution in [0, 0.1) is 0 Å². The van der Waals surface area contributed by atoms with Crippen molar-refractivity contribution < 1.29 is 0 Å². The van der Waals surface area contributed by atoms with E-state index in [-0.39, 0.29) is 6.04 Å². The summed E-state index contributed by atoms with van der Waals surface area (Å²) in [6, 6.07) is 6.60. The van der Waals surface area contributed by atoms with E-state index in [1.54, 1.807) is 0 Å². The van der Waals surface area contributed by atoms with E-state index < -0.39 is 0 Å². The summed E-state index contributed by atoms with van der Waals surface area (Å²) >= 11 is 12.3. The topological polar surface area (TPSA) is 15.3 Å². The number of hydrogen-bond donors (Lipinski definition) is 1. The van der Waals surface area contributed by atoms with Gasteiger partial charge in [-0.1, -0.05) is 41.8 Å². The zero-order valence-corrected chi connectivity index (χ0v) is 13.8. The van der Waals surface area contributed by atoms with Crippen LogP contribution in [0.3, 0.4) is 0 Å². The number of benzene rings is 1. The number of rotatable bonds is 5. The van der Waals surface area contributed by atoms with Crippen molar-refractivity contribution >= 4 is 23.2 Å². The van der Waals surface area contributed by atoms with Gasteiger partial charge in [0, 0.05) is 18.6 Å². The van der Waals surface area contributed by atoms with Gasteiger partial charge in [0.1, 0.15) is 0 Å². The number of halogens is 2. The Kier molecular flexibility index (Phi) is 6.16. The molecule has 2 nitrogen and oxygen atoms in total. The molecule has 1 aromatic rings. The van der Waals surface area contributed by atoms with Crippen LogP contribution in [0.5, 0.6) is 0 Å². The van der Waals surface area contributed by atoms with E-state index in [0.717, 1.165) is 12.1 Å². The highest BCUT2D eigenvalue weighted by atomic mass is 35.5. The Morgan fingerprint density at radius 2 is 1.85 bits per heavy atom. The average molecular weight is 315 g/mol. The van der Waals surface area contributed by atoms with Gasteiger partial charge in [0.25, 0.3) is 0 Å². The minimum Gasteiger partial charge on any atom is -0.309 e. The Hall–Kier alpha value is -0.280. The van der Waals surface area contributed by atoms with Crippen LogP contribution in [0.25, 0.3) is 0 Å². The third-order valence-corrected chi connectivity index (χ3v) is 5.01. The van der Waals surface area contributed by atoms with Gasteiger partial charge in [-0.05, 0) is 51.4 Å². The van der Waals surface area contributed by atoms with Crippen molar-refractivity contribution in [1.29, 1.82) is 0 Å². The highest BCUT2D eigenvalue weighted by Crippen LogP contribution is 2.29. The van der Waals surface area contributed by atoms with Crippen LogP contribution in [-0.2, 0) is 0 Å². The predicted molar refractivity (Wildman–Crippen MR) is 87.8 cm³/mol. The van der Waals surface area contributed by atoms with Crippen molar-refractivity contribution in [1.82, 2.24) is 10.2 Å². The van der Waals surface area contributed by atoms with E-state index in [0.29, 0.717) is 16.1 Å². The molecular formula is C16H24Cl2N2. The van der Waals surface area contributed by atoms with E-state index in [1.165, 1.54) is 32.4 Å². The molecule has 20 heavy (non-hydrogen) atoms. The molecule has 0 amide bonds. The smallest absolute Gasteiger partial charge is 0.0639 e. The van der Waals surface area contributed by atoms with Crippen molar-refractivity contribution in [2.24, 2.45) is 0 Å².